The number of nitrogens with two attached hydrogens (primary N) is 1. The number of halogens is 1. The molecular weight excluding hydrogens is 272 g/mol. The maximum absolute atomic E-state index is 12.0. The highest BCUT2D eigenvalue weighted by atomic mass is 35.5. The molecule has 1 amide bonds. The van der Waals surface area contributed by atoms with Crippen LogP contribution in [0.15, 0.2) is 42.5 Å². The number of rotatable bonds is 4. The van der Waals surface area contributed by atoms with Gasteiger partial charge >= 0.3 is 0 Å². The second-order valence-electron chi connectivity index (χ2n) is 4.72. The van der Waals surface area contributed by atoms with E-state index in [1.807, 2.05) is 37.3 Å². The third-order valence-electron chi connectivity index (χ3n) is 3.06. The lowest BCUT2D eigenvalue weighted by molar-refractivity contribution is 0.0955. The summed E-state index contributed by atoms with van der Waals surface area (Å²) in [5.41, 5.74) is 9.05. The second kappa shape index (κ2) is 6.44. The van der Waals surface area contributed by atoms with Crippen LogP contribution in [-0.4, -0.2) is 12.5 Å². The minimum Gasteiger partial charge on any atom is -0.398 e. The summed E-state index contributed by atoms with van der Waals surface area (Å²) in [6, 6.07) is 13.0. The lowest BCUT2D eigenvalue weighted by atomic mass is 10.1. The summed E-state index contributed by atoms with van der Waals surface area (Å²) in [5, 5.41) is 3.58. The van der Waals surface area contributed by atoms with Crippen LogP contribution in [0.25, 0.3) is 0 Å². The summed E-state index contributed by atoms with van der Waals surface area (Å²) < 4.78 is 0. The number of aryl methyl sites for hydroxylation is 1. The monoisotopic (exact) mass is 288 g/mol. The molecule has 2 aromatic rings. The summed E-state index contributed by atoms with van der Waals surface area (Å²) in [6.07, 6.45) is 0.759. The van der Waals surface area contributed by atoms with Gasteiger partial charge in [-0.1, -0.05) is 29.8 Å². The molecule has 0 aliphatic heterocycles. The zero-order valence-corrected chi connectivity index (χ0v) is 12.1. The molecule has 3 N–H and O–H groups in total. The Balaban J connectivity index is 1.90. The van der Waals surface area contributed by atoms with Gasteiger partial charge in [0.15, 0.2) is 0 Å². The minimum absolute atomic E-state index is 0.142. The number of nitrogens with one attached hydrogen (secondary N) is 1. The zero-order chi connectivity index (χ0) is 14.5. The number of hydrogen-bond donors (Lipinski definition) is 2. The molecule has 3 nitrogen and oxygen atoms in total. The molecule has 0 bridgehead atoms. The largest absolute Gasteiger partial charge is 0.398 e. The predicted octanol–water partition coefficient (Wildman–Crippen LogP) is 3.20. The average molecular weight is 289 g/mol. The molecule has 0 saturated carbocycles. The Hall–Kier alpha value is -2.00. The number of hydrogen-bond acceptors (Lipinski definition) is 2. The molecule has 0 aliphatic rings. The Morgan fingerprint density at radius 3 is 2.55 bits per heavy atom. The van der Waals surface area contributed by atoms with Crippen LogP contribution in [0.4, 0.5) is 5.69 Å². The van der Waals surface area contributed by atoms with Gasteiger partial charge in [-0.2, -0.15) is 0 Å². The van der Waals surface area contributed by atoms with Gasteiger partial charge in [0.2, 0.25) is 0 Å². The number of carbonyl (C=O) groups excluding carboxylic acids is 1. The molecule has 0 radical (unpaired) electrons. The molecule has 0 aliphatic carbocycles. The number of nitrogen functional groups attached to an aromatic ring is 1. The standard InChI is InChI=1S/C16H17ClN2O/c1-11-2-7-14(15(18)10-11)16(20)19-9-8-12-3-5-13(17)6-4-12/h2-7,10H,8-9,18H2,1H3,(H,19,20). The third-order valence-corrected chi connectivity index (χ3v) is 3.32. The molecule has 4 heteroatoms. The van der Waals surface area contributed by atoms with E-state index in [0.717, 1.165) is 17.5 Å². The Labute approximate surface area is 123 Å². The summed E-state index contributed by atoms with van der Waals surface area (Å²) >= 11 is 5.82. The second-order valence-corrected chi connectivity index (χ2v) is 5.16. The van der Waals surface area contributed by atoms with Crippen molar-refractivity contribution in [1.82, 2.24) is 5.32 Å². The Morgan fingerprint density at radius 2 is 1.90 bits per heavy atom. The zero-order valence-electron chi connectivity index (χ0n) is 11.3. The fraction of sp³-hybridized carbons (Fsp3) is 0.188. The SMILES string of the molecule is Cc1ccc(C(=O)NCCc2ccc(Cl)cc2)c(N)c1. The van der Waals surface area contributed by atoms with Crippen molar-refractivity contribution >= 4 is 23.2 Å². The predicted molar refractivity (Wildman–Crippen MR) is 83.1 cm³/mol. The van der Waals surface area contributed by atoms with Gasteiger partial charge in [0, 0.05) is 17.3 Å². The first-order valence-corrected chi connectivity index (χ1v) is 6.83. The minimum atomic E-state index is -0.142. The molecule has 0 fully saturated rings. The highest BCUT2D eigenvalue weighted by Gasteiger charge is 2.08. The van der Waals surface area contributed by atoms with Crippen molar-refractivity contribution in [2.45, 2.75) is 13.3 Å². The van der Waals surface area contributed by atoms with Gasteiger partial charge < -0.3 is 11.1 Å². The van der Waals surface area contributed by atoms with Crippen molar-refractivity contribution in [1.29, 1.82) is 0 Å². The van der Waals surface area contributed by atoms with Crippen LogP contribution in [0.3, 0.4) is 0 Å². The Morgan fingerprint density at radius 1 is 1.20 bits per heavy atom. The number of benzene rings is 2. The van der Waals surface area contributed by atoms with Gasteiger partial charge in [0.25, 0.3) is 5.91 Å². The van der Waals surface area contributed by atoms with E-state index in [0.29, 0.717) is 22.8 Å². The molecule has 0 spiro atoms. The van der Waals surface area contributed by atoms with E-state index >= 15 is 0 Å². The highest BCUT2D eigenvalue weighted by molar-refractivity contribution is 6.30. The lowest BCUT2D eigenvalue weighted by Gasteiger charge is -2.08. The molecule has 2 aromatic carbocycles. The van der Waals surface area contributed by atoms with Crippen LogP contribution >= 0.6 is 11.6 Å². The summed E-state index contributed by atoms with van der Waals surface area (Å²) in [4.78, 5) is 12.0. The van der Waals surface area contributed by atoms with Crippen LogP contribution in [0.5, 0.6) is 0 Å². The van der Waals surface area contributed by atoms with Crippen LogP contribution in [0, 0.1) is 6.92 Å². The van der Waals surface area contributed by atoms with E-state index < -0.39 is 0 Å². The molecule has 104 valence electrons. The van der Waals surface area contributed by atoms with Crippen LogP contribution < -0.4 is 11.1 Å². The molecule has 0 atom stereocenters. The van der Waals surface area contributed by atoms with E-state index in [1.165, 1.54) is 0 Å². The first-order valence-electron chi connectivity index (χ1n) is 6.45. The van der Waals surface area contributed by atoms with Crippen LogP contribution in [-0.2, 0) is 6.42 Å². The first-order chi connectivity index (χ1) is 9.56. The van der Waals surface area contributed by atoms with Crippen molar-refractivity contribution in [3.8, 4) is 0 Å². The van der Waals surface area contributed by atoms with Gasteiger partial charge in [-0.15, -0.1) is 0 Å². The molecule has 20 heavy (non-hydrogen) atoms. The van der Waals surface area contributed by atoms with Crippen molar-refractivity contribution < 1.29 is 4.79 Å². The van der Waals surface area contributed by atoms with Crippen LogP contribution in [0.1, 0.15) is 21.5 Å². The van der Waals surface area contributed by atoms with Crippen molar-refractivity contribution in [3.63, 3.8) is 0 Å². The van der Waals surface area contributed by atoms with Gasteiger partial charge in [0.1, 0.15) is 0 Å². The summed E-state index contributed by atoms with van der Waals surface area (Å²) in [5.74, 6) is -0.142. The smallest absolute Gasteiger partial charge is 0.253 e. The molecule has 2 rings (SSSR count). The summed E-state index contributed by atoms with van der Waals surface area (Å²) in [6.45, 7) is 2.51. The summed E-state index contributed by atoms with van der Waals surface area (Å²) in [7, 11) is 0. The lowest BCUT2D eigenvalue weighted by Crippen LogP contribution is -2.26. The van der Waals surface area contributed by atoms with Gasteiger partial charge in [-0.3, -0.25) is 4.79 Å². The fourth-order valence-corrected chi connectivity index (χ4v) is 2.08. The molecular formula is C16H17ClN2O. The fourth-order valence-electron chi connectivity index (χ4n) is 1.96. The quantitative estimate of drug-likeness (QED) is 0.849. The average Bonchev–Trinajstić information content (AvgIpc) is 2.41. The Kier molecular flexibility index (Phi) is 4.64. The number of carbonyl (C=O) groups is 1. The van der Waals surface area contributed by atoms with Crippen molar-refractivity contribution in [3.05, 3.63) is 64.2 Å². The van der Waals surface area contributed by atoms with E-state index in [4.69, 9.17) is 17.3 Å². The number of anilines is 1. The maximum atomic E-state index is 12.0. The first kappa shape index (κ1) is 14.4. The molecule has 0 saturated heterocycles. The van der Waals surface area contributed by atoms with Gasteiger partial charge in [-0.25, -0.2) is 0 Å². The van der Waals surface area contributed by atoms with E-state index in [9.17, 15) is 4.79 Å². The van der Waals surface area contributed by atoms with Crippen molar-refractivity contribution in [2.24, 2.45) is 0 Å². The normalized spacial score (nSPS) is 10.3. The van der Waals surface area contributed by atoms with Crippen molar-refractivity contribution in [2.75, 3.05) is 12.3 Å². The Bertz CT molecular complexity index is 608. The number of amides is 1. The van der Waals surface area contributed by atoms with E-state index in [2.05, 4.69) is 5.32 Å². The topological polar surface area (TPSA) is 55.1 Å². The van der Waals surface area contributed by atoms with E-state index in [1.54, 1.807) is 12.1 Å². The molecule has 0 unspecified atom stereocenters. The molecule has 0 heterocycles. The van der Waals surface area contributed by atoms with Gasteiger partial charge in [0.05, 0.1) is 5.56 Å². The third kappa shape index (κ3) is 3.75. The van der Waals surface area contributed by atoms with Gasteiger partial charge in [-0.05, 0) is 48.7 Å². The van der Waals surface area contributed by atoms with E-state index in [-0.39, 0.29) is 5.91 Å². The maximum Gasteiger partial charge on any atom is 0.253 e. The molecule has 0 aromatic heterocycles. The van der Waals surface area contributed by atoms with Crippen LogP contribution in [0.2, 0.25) is 5.02 Å². The highest BCUT2D eigenvalue weighted by Crippen LogP contribution is 2.13.